The van der Waals surface area contributed by atoms with E-state index in [0.29, 0.717) is 18.2 Å². The van der Waals surface area contributed by atoms with Crippen LogP contribution in [0.25, 0.3) is 0 Å². The van der Waals surface area contributed by atoms with E-state index in [1.807, 2.05) is 24.9 Å². The molecule has 1 fully saturated rings. The van der Waals surface area contributed by atoms with Gasteiger partial charge >= 0.3 is 0 Å². The third-order valence-corrected chi connectivity index (χ3v) is 5.38. The van der Waals surface area contributed by atoms with Crippen LogP contribution in [0.2, 0.25) is 0 Å². The topological polar surface area (TPSA) is 75.2 Å². The van der Waals surface area contributed by atoms with E-state index in [0.717, 1.165) is 18.2 Å². The molecular formula is C14H24N4O2S. The number of hydrogen-bond donors (Lipinski definition) is 1. The van der Waals surface area contributed by atoms with Crippen LogP contribution in [0.3, 0.4) is 0 Å². The molecule has 0 bridgehead atoms. The van der Waals surface area contributed by atoms with Gasteiger partial charge in [-0.05, 0) is 19.3 Å². The molecule has 118 valence electrons. The highest BCUT2D eigenvalue weighted by molar-refractivity contribution is 7.91. The fraction of sp³-hybridized carbons (Fsp3) is 0.714. The van der Waals surface area contributed by atoms with E-state index in [1.54, 1.807) is 0 Å². The van der Waals surface area contributed by atoms with Crippen molar-refractivity contribution in [2.45, 2.75) is 33.2 Å². The van der Waals surface area contributed by atoms with Crippen LogP contribution in [0.4, 0.5) is 11.6 Å². The lowest BCUT2D eigenvalue weighted by Crippen LogP contribution is -2.33. The minimum absolute atomic E-state index is 0.00208. The Bertz CT molecular complexity index is 601. The van der Waals surface area contributed by atoms with Crippen molar-refractivity contribution in [1.82, 2.24) is 9.97 Å². The van der Waals surface area contributed by atoms with Crippen molar-refractivity contribution in [3.8, 4) is 0 Å². The molecule has 2 heterocycles. The van der Waals surface area contributed by atoms with Crippen molar-refractivity contribution in [2.24, 2.45) is 5.92 Å². The van der Waals surface area contributed by atoms with E-state index in [2.05, 4.69) is 29.1 Å². The fourth-order valence-electron chi connectivity index (χ4n) is 2.40. The molecular weight excluding hydrogens is 288 g/mol. The summed E-state index contributed by atoms with van der Waals surface area (Å²) in [5.41, 5.74) is 0. The van der Waals surface area contributed by atoms with E-state index in [-0.39, 0.29) is 17.5 Å². The first kappa shape index (κ1) is 16.0. The summed E-state index contributed by atoms with van der Waals surface area (Å²) in [7, 11) is -0.989. The van der Waals surface area contributed by atoms with Gasteiger partial charge in [0.1, 0.15) is 17.5 Å². The first-order valence-corrected chi connectivity index (χ1v) is 9.12. The van der Waals surface area contributed by atoms with Gasteiger partial charge in [0.05, 0.1) is 11.5 Å². The van der Waals surface area contributed by atoms with E-state index in [9.17, 15) is 8.42 Å². The average molecular weight is 312 g/mol. The Morgan fingerprint density at radius 1 is 1.43 bits per heavy atom. The number of hydrogen-bond acceptors (Lipinski definition) is 6. The second-order valence-corrected chi connectivity index (χ2v) is 8.33. The van der Waals surface area contributed by atoms with Crippen molar-refractivity contribution >= 4 is 21.5 Å². The molecule has 1 N–H and O–H groups in total. The summed E-state index contributed by atoms with van der Waals surface area (Å²) in [6.07, 6.45) is 0.663. The number of nitrogens with one attached hydrogen (secondary N) is 1. The van der Waals surface area contributed by atoms with Gasteiger partial charge in [-0.2, -0.15) is 0 Å². The van der Waals surface area contributed by atoms with Crippen molar-refractivity contribution in [3.63, 3.8) is 0 Å². The number of nitrogens with zero attached hydrogens (tertiary/aromatic N) is 3. The molecule has 21 heavy (non-hydrogen) atoms. The van der Waals surface area contributed by atoms with Crippen LogP contribution in [0, 0.1) is 12.8 Å². The summed E-state index contributed by atoms with van der Waals surface area (Å²) in [5.74, 6) is 3.26. The molecule has 7 heteroatoms. The number of aryl methyl sites for hydroxylation is 1. The molecule has 0 radical (unpaired) electrons. The van der Waals surface area contributed by atoms with Crippen LogP contribution in [-0.4, -0.2) is 49.5 Å². The van der Waals surface area contributed by atoms with Crippen molar-refractivity contribution in [3.05, 3.63) is 11.9 Å². The second kappa shape index (κ2) is 6.17. The molecule has 1 aliphatic heterocycles. The Hall–Kier alpha value is -1.37. The molecule has 2 rings (SSSR count). The summed E-state index contributed by atoms with van der Waals surface area (Å²) >= 11 is 0. The predicted octanol–water partition coefficient (Wildman–Crippen LogP) is 1.48. The largest absolute Gasteiger partial charge is 0.370 e. The third kappa shape index (κ3) is 4.30. The van der Waals surface area contributed by atoms with Gasteiger partial charge in [-0.15, -0.1) is 0 Å². The van der Waals surface area contributed by atoms with Gasteiger partial charge < -0.3 is 10.2 Å². The Kier molecular flexibility index (Phi) is 4.70. The lowest BCUT2D eigenvalue weighted by Gasteiger charge is -2.25. The van der Waals surface area contributed by atoms with Gasteiger partial charge in [0.25, 0.3) is 0 Å². The molecule has 0 aromatic carbocycles. The van der Waals surface area contributed by atoms with Gasteiger partial charge in [0.15, 0.2) is 9.84 Å². The molecule has 6 nitrogen and oxygen atoms in total. The molecule has 0 aliphatic carbocycles. The number of rotatable bonds is 5. The minimum Gasteiger partial charge on any atom is -0.370 e. The van der Waals surface area contributed by atoms with E-state index >= 15 is 0 Å². The fourth-order valence-corrected chi connectivity index (χ4v) is 4.17. The molecule has 0 saturated carbocycles. The highest BCUT2D eigenvalue weighted by Gasteiger charge is 2.31. The van der Waals surface area contributed by atoms with Gasteiger partial charge in [0, 0.05) is 25.7 Å². The van der Waals surface area contributed by atoms with E-state index < -0.39 is 9.84 Å². The van der Waals surface area contributed by atoms with Gasteiger partial charge in [-0.3, -0.25) is 0 Å². The summed E-state index contributed by atoms with van der Waals surface area (Å²) < 4.78 is 23.2. The lowest BCUT2D eigenvalue weighted by molar-refractivity contribution is 0.600. The zero-order valence-electron chi connectivity index (χ0n) is 13.1. The van der Waals surface area contributed by atoms with Crippen LogP contribution in [0.15, 0.2) is 6.07 Å². The zero-order chi connectivity index (χ0) is 15.6. The maximum atomic E-state index is 11.6. The molecule has 1 aliphatic rings. The smallest absolute Gasteiger partial charge is 0.152 e. The second-order valence-electron chi connectivity index (χ2n) is 6.10. The van der Waals surface area contributed by atoms with Crippen molar-refractivity contribution < 1.29 is 8.42 Å². The number of anilines is 2. The zero-order valence-corrected chi connectivity index (χ0v) is 13.9. The molecule has 1 aromatic rings. The molecule has 1 unspecified atom stereocenters. The molecule has 1 saturated heterocycles. The monoisotopic (exact) mass is 312 g/mol. The van der Waals surface area contributed by atoms with E-state index in [4.69, 9.17) is 0 Å². The van der Waals surface area contributed by atoms with Gasteiger partial charge in [-0.1, -0.05) is 13.8 Å². The van der Waals surface area contributed by atoms with Crippen LogP contribution >= 0.6 is 0 Å². The van der Waals surface area contributed by atoms with Crippen molar-refractivity contribution in [1.29, 1.82) is 0 Å². The number of aromatic nitrogens is 2. The van der Waals surface area contributed by atoms with Crippen LogP contribution < -0.4 is 10.2 Å². The normalized spacial score (nSPS) is 20.7. The van der Waals surface area contributed by atoms with E-state index in [1.165, 1.54) is 0 Å². The first-order chi connectivity index (χ1) is 9.77. The molecule has 0 amide bonds. The quantitative estimate of drug-likeness (QED) is 0.887. The molecule has 1 atom stereocenters. The maximum absolute atomic E-state index is 11.6. The number of sulfone groups is 1. The molecule has 1 aromatic heterocycles. The Labute approximate surface area is 126 Å². The standard InChI is InChI=1S/C14H24N4O2S/c1-10(2)8-15-13-7-14(17-11(3)16-13)18(4)12-5-6-21(19,20)9-12/h7,10,12H,5-6,8-9H2,1-4H3,(H,15,16,17). The lowest BCUT2D eigenvalue weighted by atomic mass is 10.2. The molecule has 0 spiro atoms. The highest BCUT2D eigenvalue weighted by atomic mass is 32.2. The van der Waals surface area contributed by atoms with Crippen molar-refractivity contribution in [2.75, 3.05) is 35.3 Å². The summed E-state index contributed by atoms with van der Waals surface area (Å²) in [6.45, 7) is 6.97. The summed E-state index contributed by atoms with van der Waals surface area (Å²) in [4.78, 5) is 10.8. The van der Waals surface area contributed by atoms with Gasteiger partial charge in [-0.25, -0.2) is 18.4 Å². The predicted molar refractivity (Wildman–Crippen MR) is 85.6 cm³/mol. The summed E-state index contributed by atoms with van der Waals surface area (Å²) in [5, 5.41) is 3.29. The van der Waals surface area contributed by atoms with Crippen LogP contribution in [0.1, 0.15) is 26.1 Å². The Balaban J connectivity index is 2.15. The highest BCUT2D eigenvalue weighted by Crippen LogP contribution is 2.23. The third-order valence-electron chi connectivity index (χ3n) is 3.63. The van der Waals surface area contributed by atoms with Crippen LogP contribution in [-0.2, 0) is 9.84 Å². The Morgan fingerprint density at radius 3 is 2.71 bits per heavy atom. The maximum Gasteiger partial charge on any atom is 0.152 e. The average Bonchev–Trinajstić information content (AvgIpc) is 2.75. The van der Waals surface area contributed by atoms with Crippen LogP contribution in [0.5, 0.6) is 0 Å². The first-order valence-electron chi connectivity index (χ1n) is 7.29. The SMILES string of the molecule is Cc1nc(NCC(C)C)cc(N(C)C2CCS(=O)(=O)C2)n1. The van der Waals surface area contributed by atoms with Gasteiger partial charge in [0.2, 0.25) is 0 Å². The minimum atomic E-state index is -2.89. The Morgan fingerprint density at radius 2 is 2.14 bits per heavy atom. The summed E-state index contributed by atoms with van der Waals surface area (Å²) in [6, 6.07) is 1.89.